The summed E-state index contributed by atoms with van der Waals surface area (Å²) >= 11 is 0. The van der Waals surface area contributed by atoms with Crippen LogP contribution in [0.15, 0.2) is 0 Å². The maximum absolute atomic E-state index is 2.50. The van der Waals surface area contributed by atoms with Crippen LogP contribution in [0.4, 0.5) is 0 Å². The molecule has 1 saturated carbocycles. The molecule has 1 rings (SSSR count). The Kier molecular flexibility index (Phi) is 7.56. The molecule has 0 N–H and O–H groups in total. The minimum absolute atomic E-state index is 0.571. The summed E-state index contributed by atoms with van der Waals surface area (Å²) in [5, 5.41) is 0. The van der Waals surface area contributed by atoms with Crippen molar-refractivity contribution >= 4 is 0 Å². The van der Waals surface area contributed by atoms with E-state index in [1.54, 1.807) is 0 Å². The van der Waals surface area contributed by atoms with Gasteiger partial charge in [-0.3, -0.25) is 0 Å². The number of rotatable bonds is 3. The van der Waals surface area contributed by atoms with E-state index >= 15 is 0 Å². The standard InChI is InChI=1S/C14H28.C4H10/c1-11(2)7-14(6)9-12(3)8-13(4,5)10-14;1-3-4-2/h11-12H,7-10H2,1-6H3;3-4H2,1-2H3. The van der Waals surface area contributed by atoms with E-state index in [1.807, 2.05) is 0 Å². The van der Waals surface area contributed by atoms with Crippen LogP contribution in [0, 0.1) is 22.7 Å². The van der Waals surface area contributed by atoms with Gasteiger partial charge in [-0.25, -0.2) is 0 Å². The van der Waals surface area contributed by atoms with Gasteiger partial charge in [0.15, 0.2) is 0 Å². The summed E-state index contributed by atoms with van der Waals surface area (Å²) in [4.78, 5) is 0. The van der Waals surface area contributed by atoms with Crippen molar-refractivity contribution in [2.24, 2.45) is 22.7 Å². The van der Waals surface area contributed by atoms with Crippen molar-refractivity contribution in [1.82, 2.24) is 0 Å². The lowest BCUT2D eigenvalue weighted by Crippen LogP contribution is -2.35. The first-order chi connectivity index (χ1) is 8.14. The monoisotopic (exact) mass is 254 g/mol. The zero-order valence-electron chi connectivity index (χ0n) is 14.4. The predicted molar refractivity (Wildman–Crippen MR) is 84.9 cm³/mol. The van der Waals surface area contributed by atoms with Crippen LogP contribution in [0.3, 0.4) is 0 Å². The third-order valence-corrected chi connectivity index (χ3v) is 4.05. The van der Waals surface area contributed by atoms with E-state index in [0.29, 0.717) is 10.8 Å². The van der Waals surface area contributed by atoms with Crippen molar-refractivity contribution in [3.63, 3.8) is 0 Å². The molecule has 2 unspecified atom stereocenters. The summed E-state index contributed by atoms with van der Waals surface area (Å²) in [7, 11) is 0. The Morgan fingerprint density at radius 1 is 1.00 bits per heavy atom. The van der Waals surface area contributed by atoms with E-state index in [2.05, 4.69) is 55.4 Å². The van der Waals surface area contributed by atoms with Crippen molar-refractivity contribution < 1.29 is 0 Å². The Balaban J connectivity index is 0.000000631. The summed E-state index contributed by atoms with van der Waals surface area (Å²) < 4.78 is 0. The quantitative estimate of drug-likeness (QED) is 0.526. The van der Waals surface area contributed by atoms with Gasteiger partial charge in [0.25, 0.3) is 0 Å². The van der Waals surface area contributed by atoms with E-state index < -0.39 is 0 Å². The number of hydrogen-bond acceptors (Lipinski definition) is 0. The molecule has 0 aromatic carbocycles. The Bertz CT molecular complexity index is 208. The molecular weight excluding hydrogens is 216 g/mol. The maximum atomic E-state index is 2.50. The van der Waals surface area contributed by atoms with Crippen molar-refractivity contribution in [1.29, 1.82) is 0 Å². The molecule has 1 aliphatic rings. The van der Waals surface area contributed by atoms with Crippen molar-refractivity contribution in [3.8, 4) is 0 Å². The minimum Gasteiger partial charge on any atom is -0.0654 e. The highest BCUT2D eigenvalue weighted by molar-refractivity contribution is 4.90. The van der Waals surface area contributed by atoms with Crippen LogP contribution >= 0.6 is 0 Å². The Labute approximate surface area is 117 Å². The smallest absolute Gasteiger partial charge is 0.0316 e. The van der Waals surface area contributed by atoms with Crippen molar-refractivity contribution in [2.75, 3.05) is 0 Å². The van der Waals surface area contributed by atoms with Gasteiger partial charge in [-0.1, -0.05) is 68.2 Å². The second kappa shape index (κ2) is 7.56. The van der Waals surface area contributed by atoms with Gasteiger partial charge in [-0.2, -0.15) is 0 Å². The second-order valence-electron chi connectivity index (χ2n) is 8.26. The molecule has 0 aliphatic heterocycles. The number of unbranched alkanes of at least 4 members (excludes halogenated alkanes) is 1. The number of hydrogen-bond donors (Lipinski definition) is 0. The maximum Gasteiger partial charge on any atom is -0.0316 e. The van der Waals surface area contributed by atoms with Gasteiger partial charge in [-0.15, -0.1) is 0 Å². The fourth-order valence-electron chi connectivity index (χ4n) is 4.30. The fourth-order valence-corrected chi connectivity index (χ4v) is 4.30. The van der Waals surface area contributed by atoms with Gasteiger partial charge in [0, 0.05) is 0 Å². The third kappa shape index (κ3) is 7.44. The molecule has 0 spiro atoms. The van der Waals surface area contributed by atoms with Gasteiger partial charge >= 0.3 is 0 Å². The van der Waals surface area contributed by atoms with Crippen LogP contribution in [0.1, 0.15) is 93.9 Å². The van der Waals surface area contributed by atoms with Crippen LogP contribution in [-0.2, 0) is 0 Å². The Morgan fingerprint density at radius 3 is 1.83 bits per heavy atom. The lowest BCUT2D eigenvalue weighted by molar-refractivity contribution is 0.0449. The van der Waals surface area contributed by atoms with E-state index in [-0.39, 0.29) is 0 Å². The molecule has 2 atom stereocenters. The molecule has 0 nitrogen and oxygen atoms in total. The molecule has 0 radical (unpaired) electrons. The molecule has 1 fully saturated rings. The van der Waals surface area contributed by atoms with E-state index in [0.717, 1.165) is 11.8 Å². The minimum atomic E-state index is 0.571. The highest BCUT2D eigenvalue weighted by Crippen LogP contribution is 2.51. The fraction of sp³-hybridized carbons (Fsp3) is 1.00. The van der Waals surface area contributed by atoms with Crippen LogP contribution < -0.4 is 0 Å². The lowest BCUT2D eigenvalue weighted by Gasteiger charge is -2.46. The highest BCUT2D eigenvalue weighted by atomic mass is 14.4. The molecule has 0 aromatic heterocycles. The zero-order valence-corrected chi connectivity index (χ0v) is 14.4. The van der Waals surface area contributed by atoms with Gasteiger partial charge in [0.05, 0.1) is 0 Å². The highest BCUT2D eigenvalue weighted by Gasteiger charge is 2.39. The van der Waals surface area contributed by atoms with Crippen LogP contribution in [0.25, 0.3) is 0 Å². The van der Waals surface area contributed by atoms with E-state index in [1.165, 1.54) is 38.5 Å². The average molecular weight is 255 g/mol. The van der Waals surface area contributed by atoms with Crippen LogP contribution in [-0.4, -0.2) is 0 Å². The molecule has 0 heterocycles. The molecular formula is C18H38. The zero-order chi connectivity index (χ0) is 14.4. The molecule has 0 aromatic rings. The molecule has 0 heteroatoms. The van der Waals surface area contributed by atoms with Gasteiger partial charge in [-0.05, 0) is 48.3 Å². The summed E-state index contributed by atoms with van der Waals surface area (Å²) in [5.41, 5.74) is 1.18. The topological polar surface area (TPSA) is 0 Å². The molecule has 110 valence electrons. The summed E-state index contributed by atoms with van der Waals surface area (Å²) in [6.45, 7) is 18.9. The van der Waals surface area contributed by atoms with Crippen molar-refractivity contribution in [2.45, 2.75) is 93.9 Å². The van der Waals surface area contributed by atoms with E-state index in [4.69, 9.17) is 0 Å². The SMILES string of the molecule is CC(C)CC1(C)CC(C)CC(C)(C)C1.CCCC. The first kappa shape index (κ1) is 18.0. The first-order valence-electron chi connectivity index (χ1n) is 8.14. The predicted octanol–water partition coefficient (Wildman–Crippen LogP) is 6.69. The van der Waals surface area contributed by atoms with Gasteiger partial charge in [0.2, 0.25) is 0 Å². The first-order valence-corrected chi connectivity index (χ1v) is 8.14. The Morgan fingerprint density at radius 2 is 1.50 bits per heavy atom. The molecule has 18 heavy (non-hydrogen) atoms. The van der Waals surface area contributed by atoms with Gasteiger partial charge in [0.1, 0.15) is 0 Å². The molecule has 0 saturated heterocycles. The Hall–Kier alpha value is 0. The molecule has 0 amide bonds. The van der Waals surface area contributed by atoms with Gasteiger partial charge < -0.3 is 0 Å². The lowest BCUT2D eigenvalue weighted by atomic mass is 9.59. The summed E-state index contributed by atoms with van der Waals surface area (Å²) in [6.07, 6.45) is 8.32. The largest absolute Gasteiger partial charge is 0.0654 e. The summed E-state index contributed by atoms with van der Waals surface area (Å²) in [6, 6.07) is 0. The second-order valence-corrected chi connectivity index (χ2v) is 8.26. The molecule has 1 aliphatic carbocycles. The van der Waals surface area contributed by atoms with Crippen LogP contribution in [0.2, 0.25) is 0 Å². The average Bonchev–Trinajstić information content (AvgIpc) is 2.11. The van der Waals surface area contributed by atoms with Crippen LogP contribution in [0.5, 0.6) is 0 Å². The molecule has 0 bridgehead atoms. The normalized spacial score (nSPS) is 30.8. The van der Waals surface area contributed by atoms with Crippen molar-refractivity contribution in [3.05, 3.63) is 0 Å². The van der Waals surface area contributed by atoms with E-state index in [9.17, 15) is 0 Å². The third-order valence-electron chi connectivity index (χ3n) is 4.05. The summed E-state index contributed by atoms with van der Waals surface area (Å²) in [5.74, 6) is 1.77.